The number of hydrogen-bond acceptors (Lipinski definition) is 3. The zero-order valence-corrected chi connectivity index (χ0v) is 10.8. The van der Waals surface area contributed by atoms with E-state index in [4.69, 9.17) is 0 Å². The predicted octanol–water partition coefficient (Wildman–Crippen LogP) is 1.47. The lowest BCUT2D eigenvalue weighted by Crippen LogP contribution is -2.35. The minimum atomic E-state index is -0.0551. The molecule has 1 aromatic carbocycles. The molecule has 1 aliphatic rings. The van der Waals surface area contributed by atoms with Crippen molar-refractivity contribution in [1.82, 2.24) is 15.5 Å². The molecule has 1 aromatic heterocycles. The number of fused-ring (bicyclic) bond motifs is 1. The number of nitrogens with zero attached hydrogens (tertiary/aromatic N) is 2. The molecule has 3 rings (SSSR count). The molecule has 2 heterocycles. The molecule has 0 spiro atoms. The third kappa shape index (κ3) is 2.24. The van der Waals surface area contributed by atoms with Gasteiger partial charge in [0.25, 0.3) is 5.91 Å². The van der Waals surface area contributed by atoms with E-state index in [-0.39, 0.29) is 5.91 Å². The van der Waals surface area contributed by atoms with Crippen molar-refractivity contribution in [1.29, 1.82) is 0 Å². The van der Waals surface area contributed by atoms with Crippen LogP contribution in [0.1, 0.15) is 21.7 Å². The second-order valence-corrected chi connectivity index (χ2v) is 4.70. The smallest absolute Gasteiger partial charge is 0.278 e. The summed E-state index contributed by atoms with van der Waals surface area (Å²) in [7, 11) is 0. The van der Waals surface area contributed by atoms with Crippen LogP contribution in [0.25, 0.3) is 0 Å². The number of hydrogen-bond donors (Lipinski definition) is 2. The van der Waals surface area contributed by atoms with Crippen LogP contribution in [-0.2, 0) is 6.54 Å². The second kappa shape index (κ2) is 4.85. The summed E-state index contributed by atoms with van der Waals surface area (Å²) < 4.78 is 0. The normalized spacial score (nSPS) is 14.9. The quantitative estimate of drug-likeness (QED) is 0.812. The number of aromatic amines is 1. The first-order valence-corrected chi connectivity index (χ1v) is 6.38. The standard InChI is InChI=1S/C14H16N4O/c1-10-8-12(17-16-10)14(19)18-7-6-15-9-11-4-2-3-5-13(11)18/h2-5,8,15H,6-7,9H2,1H3,(H,16,17). The Morgan fingerprint density at radius 2 is 2.21 bits per heavy atom. The first-order valence-electron chi connectivity index (χ1n) is 6.38. The van der Waals surface area contributed by atoms with Crippen LogP contribution < -0.4 is 10.2 Å². The van der Waals surface area contributed by atoms with Crippen LogP contribution in [0.5, 0.6) is 0 Å². The van der Waals surface area contributed by atoms with E-state index in [1.54, 1.807) is 11.0 Å². The average Bonchev–Trinajstić information content (AvgIpc) is 2.74. The lowest BCUT2D eigenvalue weighted by atomic mass is 10.1. The summed E-state index contributed by atoms with van der Waals surface area (Å²) >= 11 is 0. The van der Waals surface area contributed by atoms with Gasteiger partial charge in [-0.2, -0.15) is 5.10 Å². The number of anilines is 1. The molecule has 19 heavy (non-hydrogen) atoms. The van der Waals surface area contributed by atoms with E-state index >= 15 is 0 Å². The Morgan fingerprint density at radius 1 is 1.37 bits per heavy atom. The number of carbonyl (C=O) groups excluding carboxylic acids is 1. The summed E-state index contributed by atoms with van der Waals surface area (Å²) in [6, 6.07) is 9.76. The second-order valence-electron chi connectivity index (χ2n) is 4.70. The molecule has 0 bridgehead atoms. The van der Waals surface area contributed by atoms with Crippen LogP contribution in [-0.4, -0.2) is 29.2 Å². The molecular weight excluding hydrogens is 240 g/mol. The molecular formula is C14H16N4O. The summed E-state index contributed by atoms with van der Waals surface area (Å²) in [5.41, 5.74) is 3.47. The number of rotatable bonds is 1. The number of nitrogens with one attached hydrogen (secondary N) is 2. The van der Waals surface area contributed by atoms with Gasteiger partial charge in [0, 0.05) is 31.0 Å². The van der Waals surface area contributed by atoms with E-state index in [1.165, 1.54) is 0 Å². The van der Waals surface area contributed by atoms with Gasteiger partial charge in [-0.25, -0.2) is 0 Å². The maximum absolute atomic E-state index is 12.5. The van der Waals surface area contributed by atoms with Crippen molar-refractivity contribution in [3.05, 3.63) is 47.3 Å². The Hall–Kier alpha value is -2.14. The lowest BCUT2D eigenvalue weighted by Gasteiger charge is -2.21. The van der Waals surface area contributed by atoms with Crippen LogP contribution in [0, 0.1) is 6.92 Å². The minimum Gasteiger partial charge on any atom is -0.311 e. The molecule has 5 nitrogen and oxygen atoms in total. The number of carbonyl (C=O) groups is 1. The van der Waals surface area contributed by atoms with Gasteiger partial charge in [0.2, 0.25) is 0 Å². The molecule has 0 fully saturated rings. The predicted molar refractivity (Wildman–Crippen MR) is 73.1 cm³/mol. The van der Waals surface area contributed by atoms with Crippen LogP contribution in [0.4, 0.5) is 5.69 Å². The topological polar surface area (TPSA) is 61.0 Å². The molecule has 5 heteroatoms. The number of H-pyrrole nitrogens is 1. The van der Waals surface area contributed by atoms with Gasteiger partial charge < -0.3 is 10.2 Å². The van der Waals surface area contributed by atoms with Crippen molar-refractivity contribution in [3.8, 4) is 0 Å². The Kier molecular flexibility index (Phi) is 3.05. The van der Waals surface area contributed by atoms with E-state index in [2.05, 4.69) is 15.5 Å². The van der Waals surface area contributed by atoms with Gasteiger partial charge in [0.05, 0.1) is 0 Å². The highest BCUT2D eigenvalue weighted by atomic mass is 16.2. The third-order valence-corrected chi connectivity index (χ3v) is 3.28. The molecule has 2 aromatic rings. The van der Waals surface area contributed by atoms with Crippen molar-refractivity contribution in [3.63, 3.8) is 0 Å². The molecule has 0 saturated heterocycles. The van der Waals surface area contributed by atoms with Crippen molar-refractivity contribution < 1.29 is 4.79 Å². The fourth-order valence-electron chi connectivity index (χ4n) is 2.33. The van der Waals surface area contributed by atoms with Crippen LogP contribution >= 0.6 is 0 Å². The van der Waals surface area contributed by atoms with E-state index in [0.29, 0.717) is 12.2 Å². The minimum absolute atomic E-state index is 0.0551. The summed E-state index contributed by atoms with van der Waals surface area (Å²) in [6.07, 6.45) is 0. The van der Waals surface area contributed by atoms with E-state index in [9.17, 15) is 4.79 Å². The van der Waals surface area contributed by atoms with Crippen molar-refractivity contribution in [2.24, 2.45) is 0 Å². The highest BCUT2D eigenvalue weighted by Gasteiger charge is 2.23. The summed E-state index contributed by atoms with van der Waals surface area (Å²) in [5, 5.41) is 10.2. The number of aromatic nitrogens is 2. The zero-order valence-electron chi connectivity index (χ0n) is 10.8. The number of benzene rings is 1. The van der Waals surface area contributed by atoms with Gasteiger partial charge in [-0.05, 0) is 24.6 Å². The van der Waals surface area contributed by atoms with Crippen LogP contribution in [0.3, 0.4) is 0 Å². The Balaban J connectivity index is 1.98. The Labute approximate surface area is 111 Å². The van der Waals surface area contributed by atoms with Crippen LogP contribution in [0.15, 0.2) is 30.3 Å². The maximum Gasteiger partial charge on any atom is 0.278 e. The highest BCUT2D eigenvalue weighted by molar-refractivity contribution is 6.05. The van der Waals surface area contributed by atoms with Crippen molar-refractivity contribution in [2.45, 2.75) is 13.5 Å². The maximum atomic E-state index is 12.5. The molecule has 0 unspecified atom stereocenters. The van der Waals surface area contributed by atoms with Gasteiger partial charge in [0.15, 0.2) is 5.69 Å². The van der Waals surface area contributed by atoms with E-state index in [0.717, 1.165) is 30.0 Å². The van der Waals surface area contributed by atoms with E-state index < -0.39 is 0 Å². The third-order valence-electron chi connectivity index (χ3n) is 3.28. The molecule has 0 radical (unpaired) electrons. The molecule has 2 N–H and O–H groups in total. The zero-order chi connectivity index (χ0) is 13.2. The summed E-state index contributed by atoms with van der Waals surface area (Å²) in [5.74, 6) is -0.0551. The van der Waals surface area contributed by atoms with Crippen LogP contribution in [0.2, 0.25) is 0 Å². The first-order chi connectivity index (χ1) is 9.25. The molecule has 1 aliphatic heterocycles. The molecule has 0 atom stereocenters. The van der Waals surface area contributed by atoms with Gasteiger partial charge in [-0.3, -0.25) is 9.89 Å². The average molecular weight is 256 g/mol. The number of para-hydroxylation sites is 1. The highest BCUT2D eigenvalue weighted by Crippen LogP contribution is 2.23. The number of aryl methyl sites for hydroxylation is 1. The van der Waals surface area contributed by atoms with E-state index in [1.807, 2.05) is 31.2 Å². The fourth-order valence-corrected chi connectivity index (χ4v) is 2.33. The lowest BCUT2D eigenvalue weighted by molar-refractivity contribution is 0.0983. The van der Waals surface area contributed by atoms with Crippen molar-refractivity contribution in [2.75, 3.05) is 18.0 Å². The monoisotopic (exact) mass is 256 g/mol. The Morgan fingerprint density at radius 3 is 3.00 bits per heavy atom. The summed E-state index contributed by atoms with van der Waals surface area (Å²) in [4.78, 5) is 14.3. The molecule has 98 valence electrons. The molecule has 0 saturated carbocycles. The van der Waals surface area contributed by atoms with Crippen molar-refractivity contribution >= 4 is 11.6 Å². The molecule has 0 aliphatic carbocycles. The van der Waals surface area contributed by atoms with Gasteiger partial charge in [-0.15, -0.1) is 0 Å². The first kappa shape index (κ1) is 11.9. The fraction of sp³-hybridized carbons (Fsp3) is 0.286. The largest absolute Gasteiger partial charge is 0.311 e. The van der Waals surface area contributed by atoms with Gasteiger partial charge >= 0.3 is 0 Å². The van der Waals surface area contributed by atoms with Gasteiger partial charge in [-0.1, -0.05) is 18.2 Å². The number of amides is 1. The van der Waals surface area contributed by atoms with Gasteiger partial charge in [0.1, 0.15) is 0 Å². The molecule has 1 amide bonds. The summed E-state index contributed by atoms with van der Waals surface area (Å²) in [6.45, 7) is 4.12. The Bertz CT molecular complexity index is 605. The SMILES string of the molecule is Cc1cc(C(=O)N2CCNCc3ccccc32)n[nH]1.